The first-order valence-electron chi connectivity index (χ1n) is 7.28. The molecule has 0 spiro atoms. The van der Waals surface area contributed by atoms with Gasteiger partial charge in [-0.1, -0.05) is 0 Å². The maximum Gasteiger partial charge on any atom is 0.171 e. The van der Waals surface area contributed by atoms with Crippen molar-refractivity contribution in [2.24, 2.45) is 0 Å². The van der Waals surface area contributed by atoms with Crippen molar-refractivity contribution in [3.63, 3.8) is 0 Å². The van der Waals surface area contributed by atoms with E-state index in [4.69, 9.17) is 9.47 Å². The summed E-state index contributed by atoms with van der Waals surface area (Å²) in [5.74, 6) is 0. The number of thiophene rings is 1. The zero-order valence-corrected chi connectivity index (χ0v) is 15.8. The molecule has 0 bridgehead atoms. The summed E-state index contributed by atoms with van der Waals surface area (Å²) < 4.78 is 25.8. The lowest BCUT2D eigenvalue weighted by Crippen LogP contribution is -2.47. The summed E-state index contributed by atoms with van der Waals surface area (Å²) in [4.78, 5) is 0. The van der Waals surface area contributed by atoms with E-state index in [2.05, 4.69) is 21.5 Å². The Hall–Kier alpha value is -0.150. The topological polar surface area (TPSA) is 65.6 Å². The summed E-state index contributed by atoms with van der Waals surface area (Å²) in [7, 11) is 3.24. The minimum absolute atomic E-state index is 0.0249. The molecule has 1 aromatic heterocycles. The van der Waals surface area contributed by atoms with E-state index in [1.165, 1.54) is 0 Å². The molecule has 22 heavy (non-hydrogen) atoms. The van der Waals surface area contributed by atoms with Gasteiger partial charge >= 0.3 is 0 Å². The molecule has 0 saturated heterocycles. The van der Waals surface area contributed by atoms with Gasteiger partial charge < -0.3 is 19.3 Å². The number of ether oxygens (including phenoxy) is 2. The smallest absolute Gasteiger partial charge is 0.171 e. The Labute approximate surface area is 141 Å². The molecule has 0 aromatic carbocycles. The van der Waals surface area contributed by atoms with E-state index >= 15 is 0 Å². The van der Waals surface area contributed by atoms with Crippen molar-refractivity contribution in [1.29, 1.82) is 0 Å². The molecule has 1 unspecified atom stereocenters. The molecule has 0 aliphatic rings. The van der Waals surface area contributed by atoms with Crippen molar-refractivity contribution in [3.05, 3.63) is 22.4 Å². The molecule has 1 rings (SSSR count). The van der Waals surface area contributed by atoms with Gasteiger partial charge in [0.25, 0.3) is 0 Å². The average Bonchev–Trinajstić information content (AvgIpc) is 2.97. The predicted octanol–water partition coefficient (Wildman–Crippen LogP) is 2.44. The van der Waals surface area contributed by atoms with Gasteiger partial charge in [-0.05, 0) is 50.1 Å². The molecule has 0 aliphatic carbocycles. The quantitative estimate of drug-likeness (QED) is 0.530. The molecule has 0 fully saturated rings. The van der Waals surface area contributed by atoms with E-state index in [1.54, 1.807) is 25.6 Å². The first kappa shape index (κ1) is 19.9. The molecule has 5 nitrogen and oxygen atoms in total. The van der Waals surface area contributed by atoms with Crippen LogP contribution < -0.4 is 10.0 Å². The van der Waals surface area contributed by atoms with E-state index in [1.807, 2.05) is 33.1 Å². The molecule has 2 N–H and O–H groups in total. The maximum atomic E-state index is 12.4. The van der Waals surface area contributed by atoms with Gasteiger partial charge in [0, 0.05) is 32.1 Å². The summed E-state index contributed by atoms with van der Waals surface area (Å²) in [6, 6.07) is 2.06. The fourth-order valence-electron chi connectivity index (χ4n) is 1.91. The van der Waals surface area contributed by atoms with Crippen LogP contribution in [0.25, 0.3) is 0 Å². The number of hydrogen-bond donors (Lipinski definition) is 2. The van der Waals surface area contributed by atoms with Crippen LogP contribution in [0.5, 0.6) is 0 Å². The summed E-state index contributed by atoms with van der Waals surface area (Å²) in [6.07, 6.45) is -0.309. The summed E-state index contributed by atoms with van der Waals surface area (Å²) in [5.41, 5.74) is 1.13. The fraction of sp³-hybridized carbons (Fsp3) is 0.733. The first-order valence-corrected chi connectivity index (χ1v) is 9.38. The lowest BCUT2D eigenvalue weighted by molar-refractivity contribution is -0.119. The average molecular weight is 349 g/mol. The highest BCUT2D eigenvalue weighted by atomic mass is 32.2. The Morgan fingerprint density at radius 2 is 1.95 bits per heavy atom. The van der Waals surface area contributed by atoms with Crippen LogP contribution in [0.15, 0.2) is 16.8 Å². The monoisotopic (exact) mass is 348 g/mol. The molecule has 128 valence electrons. The molecule has 0 amide bonds. The van der Waals surface area contributed by atoms with Gasteiger partial charge in [0.15, 0.2) is 6.29 Å². The fourth-order valence-corrected chi connectivity index (χ4v) is 3.46. The highest BCUT2D eigenvalue weighted by Crippen LogP contribution is 2.21. The van der Waals surface area contributed by atoms with Crippen LogP contribution in [0.2, 0.25) is 0 Å². The summed E-state index contributed by atoms with van der Waals surface area (Å²) in [6.45, 7) is 8.53. The standard InChI is InChI=1S/C15H28N2O3S2/c1-11(14(19-5)20-6)16-9-13(12-7-8-21-10-12)17-22(18)15(2,3)4/h7-8,10-11,13-14,16-17H,9H2,1-6H3/t11-,13-,22?/m1/s1. The molecule has 7 heteroatoms. The molecule has 0 saturated carbocycles. The Kier molecular flexibility index (Phi) is 8.34. The predicted molar refractivity (Wildman–Crippen MR) is 93.4 cm³/mol. The molecule has 0 aliphatic heterocycles. The molecule has 1 heterocycles. The van der Waals surface area contributed by atoms with Gasteiger partial charge in [0.05, 0.1) is 12.1 Å². The van der Waals surface area contributed by atoms with E-state index < -0.39 is 11.4 Å². The number of hydrogen-bond acceptors (Lipinski definition) is 6. The molecular formula is C15H28N2O3S2. The second-order valence-electron chi connectivity index (χ2n) is 6.14. The maximum absolute atomic E-state index is 12.4. The normalized spacial score (nSPS) is 16.7. The van der Waals surface area contributed by atoms with Gasteiger partial charge in [-0.25, -0.2) is 0 Å². The third-order valence-electron chi connectivity index (χ3n) is 3.27. The molecule has 3 atom stereocenters. The zero-order valence-electron chi connectivity index (χ0n) is 14.2. The van der Waals surface area contributed by atoms with Gasteiger partial charge in [0.1, 0.15) is 4.75 Å². The van der Waals surface area contributed by atoms with Crippen molar-refractivity contribution in [2.75, 3.05) is 20.8 Å². The zero-order chi connectivity index (χ0) is 16.8. The summed E-state index contributed by atoms with van der Waals surface area (Å²) in [5, 5.41) is 7.49. The number of methoxy groups -OCH3 is 2. The Balaban J connectivity index is 2.68. The first-order chi connectivity index (χ1) is 10.3. The third kappa shape index (κ3) is 6.16. The Morgan fingerprint density at radius 1 is 1.32 bits per heavy atom. The Morgan fingerprint density at radius 3 is 2.41 bits per heavy atom. The minimum Gasteiger partial charge on any atom is -0.598 e. The summed E-state index contributed by atoms with van der Waals surface area (Å²) >= 11 is 0.507. The van der Waals surface area contributed by atoms with Crippen LogP contribution >= 0.6 is 11.3 Å². The van der Waals surface area contributed by atoms with Crippen molar-refractivity contribution < 1.29 is 14.0 Å². The van der Waals surface area contributed by atoms with Gasteiger partial charge in [0.2, 0.25) is 0 Å². The van der Waals surface area contributed by atoms with Gasteiger partial charge in [-0.3, -0.25) is 0 Å². The lowest BCUT2D eigenvalue weighted by atomic mass is 10.1. The van der Waals surface area contributed by atoms with Crippen LogP contribution in [0.1, 0.15) is 39.3 Å². The van der Waals surface area contributed by atoms with Crippen LogP contribution in [0.4, 0.5) is 0 Å². The van der Waals surface area contributed by atoms with Crippen LogP contribution in [-0.4, -0.2) is 42.4 Å². The highest BCUT2D eigenvalue weighted by Gasteiger charge is 2.30. The van der Waals surface area contributed by atoms with Crippen LogP contribution in [-0.2, 0) is 20.8 Å². The molecule has 0 radical (unpaired) electrons. The SMILES string of the molecule is COC(OC)[C@@H](C)NC[C@@H](N[S+]([O-])C(C)(C)C)c1ccsc1. The van der Waals surface area contributed by atoms with Crippen LogP contribution in [0, 0.1) is 0 Å². The minimum atomic E-state index is -1.13. The second kappa shape index (κ2) is 9.22. The Bertz CT molecular complexity index is 405. The van der Waals surface area contributed by atoms with Crippen molar-refractivity contribution >= 4 is 22.7 Å². The largest absolute Gasteiger partial charge is 0.598 e. The van der Waals surface area contributed by atoms with E-state index in [9.17, 15) is 4.55 Å². The molecule has 1 aromatic rings. The van der Waals surface area contributed by atoms with Crippen molar-refractivity contribution in [1.82, 2.24) is 10.0 Å². The van der Waals surface area contributed by atoms with Crippen LogP contribution in [0.3, 0.4) is 0 Å². The third-order valence-corrected chi connectivity index (χ3v) is 5.58. The van der Waals surface area contributed by atoms with Crippen molar-refractivity contribution in [3.8, 4) is 0 Å². The van der Waals surface area contributed by atoms with Gasteiger partial charge in [-0.2, -0.15) is 11.3 Å². The lowest BCUT2D eigenvalue weighted by Gasteiger charge is -2.29. The second-order valence-corrected chi connectivity index (χ2v) is 8.92. The van der Waals surface area contributed by atoms with Gasteiger partial charge in [-0.15, -0.1) is 4.72 Å². The van der Waals surface area contributed by atoms with E-state index in [0.717, 1.165) is 5.56 Å². The molecular weight excluding hydrogens is 320 g/mol. The number of nitrogens with one attached hydrogen (secondary N) is 2. The van der Waals surface area contributed by atoms with E-state index in [0.29, 0.717) is 6.54 Å². The van der Waals surface area contributed by atoms with E-state index in [-0.39, 0.29) is 23.1 Å². The highest BCUT2D eigenvalue weighted by molar-refractivity contribution is 7.90. The number of rotatable bonds is 9. The van der Waals surface area contributed by atoms with Crippen molar-refractivity contribution in [2.45, 2.75) is 50.8 Å².